The lowest BCUT2D eigenvalue weighted by Crippen LogP contribution is -2.23. The molecule has 2 N–H and O–H groups in total. The molecule has 0 amide bonds. The summed E-state index contributed by atoms with van der Waals surface area (Å²) in [6, 6.07) is 20.5. The smallest absolute Gasteiger partial charge is 0.179 e. The van der Waals surface area contributed by atoms with Gasteiger partial charge in [-0.25, -0.2) is 9.97 Å². The number of aliphatic hydroxyl groups excluding tert-OH is 1. The van der Waals surface area contributed by atoms with E-state index in [1.807, 2.05) is 24.3 Å². The van der Waals surface area contributed by atoms with E-state index < -0.39 is 0 Å². The van der Waals surface area contributed by atoms with Crippen LogP contribution in [0.15, 0.2) is 96.4 Å². The van der Waals surface area contributed by atoms with Crippen LogP contribution in [0.25, 0.3) is 11.1 Å². The van der Waals surface area contributed by atoms with Gasteiger partial charge in [0.15, 0.2) is 17.4 Å². The van der Waals surface area contributed by atoms with Crippen LogP contribution in [0.3, 0.4) is 0 Å². The largest absolute Gasteiger partial charge is 0.491 e. The molecule has 40 heavy (non-hydrogen) atoms. The zero-order valence-corrected chi connectivity index (χ0v) is 22.8. The Bertz CT molecular complexity index is 1660. The molecule has 4 aromatic rings. The van der Waals surface area contributed by atoms with Crippen molar-refractivity contribution < 1.29 is 9.84 Å². The van der Waals surface area contributed by atoms with Gasteiger partial charge in [0.2, 0.25) is 0 Å². The van der Waals surface area contributed by atoms with Gasteiger partial charge in [0.1, 0.15) is 0 Å². The third-order valence-electron chi connectivity index (χ3n) is 7.48. The zero-order chi connectivity index (χ0) is 27.7. The Hall–Kier alpha value is -4.62. The lowest BCUT2D eigenvalue weighted by atomic mass is 9.80. The molecular formula is C33H31N5O2. The molecule has 0 spiro atoms. The van der Waals surface area contributed by atoms with E-state index in [0.29, 0.717) is 17.4 Å². The van der Waals surface area contributed by atoms with Crippen molar-refractivity contribution in [2.45, 2.75) is 25.7 Å². The molecule has 0 saturated carbocycles. The van der Waals surface area contributed by atoms with Gasteiger partial charge in [0.25, 0.3) is 0 Å². The second kappa shape index (κ2) is 10.5. The minimum atomic E-state index is -0.315. The van der Waals surface area contributed by atoms with Crippen molar-refractivity contribution in [3.05, 3.63) is 114 Å². The number of fused-ring (bicyclic) bond motifs is 3. The molecule has 200 valence electrons. The summed E-state index contributed by atoms with van der Waals surface area (Å²) in [5, 5.41) is 13.3. The molecular weight excluding hydrogens is 498 g/mol. The topological polar surface area (TPSA) is 92.5 Å². The summed E-state index contributed by atoms with van der Waals surface area (Å²) in [6.07, 6.45) is 10.3. The van der Waals surface area contributed by atoms with Crippen LogP contribution >= 0.6 is 0 Å². The van der Waals surface area contributed by atoms with Crippen LogP contribution in [-0.2, 0) is 11.8 Å². The van der Waals surface area contributed by atoms with E-state index in [0.717, 1.165) is 45.8 Å². The molecule has 7 nitrogen and oxygen atoms in total. The number of ether oxygens (including phenoxy) is 1. The first-order chi connectivity index (χ1) is 19.4. The summed E-state index contributed by atoms with van der Waals surface area (Å²) in [7, 11) is 1.61. The molecule has 0 saturated heterocycles. The van der Waals surface area contributed by atoms with E-state index in [2.05, 4.69) is 77.7 Å². The molecule has 2 aromatic heterocycles. The standard InChI is InChI=1S/C33H31N5O2/c1-33(2,20-39)24-8-6-7-21(16-24)15-22-17-23(18-27-26-9-4-5-10-28(26)37-30(22)27)31-35-19-29(40-3)32(38-31)36-25-11-13-34-14-12-25/h4-14,16-19,22,39H,15,20H2,1-3H3,(H,34,35,36,38). The number of hydrogen-bond donors (Lipinski definition) is 2. The molecule has 3 heterocycles. The molecule has 0 bridgehead atoms. The highest BCUT2D eigenvalue weighted by Crippen LogP contribution is 2.43. The highest BCUT2D eigenvalue weighted by molar-refractivity contribution is 6.33. The number of aliphatic hydroxyl groups is 1. The van der Waals surface area contributed by atoms with Gasteiger partial charge >= 0.3 is 0 Å². The summed E-state index contributed by atoms with van der Waals surface area (Å²) < 4.78 is 5.55. The van der Waals surface area contributed by atoms with Crippen LogP contribution in [0, 0.1) is 5.92 Å². The number of para-hydroxylation sites is 1. The van der Waals surface area contributed by atoms with Gasteiger partial charge in [-0.15, -0.1) is 0 Å². The fraction of sp³-hybridized carbons (Fsp3) is 0.212. The molecule has 1 aliphatic carbocycles. The van der Waals surface area contributed by atoms with Crippen molar-refractivity contribution >= 4 is 34.1 Å². The average Bonchev–Trinajstić information content (AvgIpc) is 3.37. The number of nitrogens with one attached hydrogen (secondary N) is 1. The number of pyridine rings is 1. The Labute approximate surface area is 234 Å². The maximum atomic E-state index is 9.93. The molecule has 1 unspecified atom stereocenters. The minimum Gasteiger partial charge on any atom is -0.491 e. The van der Waals surface area contributed by atoms with Crippen molar-refractivity contribution in [1.82, 2.24) is 15.0 Å². The molecule has 2 aromatic carbocycles. The SMILES string of the molecule is COc1cnc(C2=CC(Cc3cccc(C(C)(C)CO)c3)C3=Nc4ccccc4C3=C2)nc1Nc1ccncc1. The number of benzene rings is 2. The Morgan fingerprint density at radius 2 is 1.85 bits per heavy atom. The van der Waals surface area contributed by atoms with E-state index in [1.165, 1.54) is 5.56 Å². The van der Waals surface area contributed by atoms with Crippen molar-refractivity contribution in [2.75, 3.05) is 19.0 Å². The first-order valence-electron chi connectivity index (χ1n) is 13.4. The van der Waals surface area contributed by atoms with Crippen molar-refractivity contribution in [3.63, 3.8) is 0 Å². The molecule has 0 radical (unpaired) electrons. The number of nitrogens with zero attached hydrogens (tertiary/aromatic N) is 4. The predicted molar refractivity (Wildman–Crippen MR) is 159 cm³/mol. The van der Waals surface area contributed by atoms with Crippen LogP contribution in [0.5, 0.6) is 5.75 Å². The fourth-order valence-electron chi connectivity index (χ4n) is 5.14. The number of aromatic nitrogens is 3. The highest BCUT2D eigenvalue weighted by atomic mass is 16.5. The van der Waals surface area contributed by atoms with E-state index in [1.54, 1.807) is 25.7 Å². The molecule has 7 heteroatoms. The first kappa shape index (κ1) is 25.6. The first-order valence-corrected chi connectivity index (χ1v) is 13.4. The number of anilines is 2. The van der Waals surface area contributed by atoms with Gasteiger partial charge in [-0.1, -0.05) is 62.4 Å². The molecule has 1 aliphatic heterocycles. The molecule has 0 fully saturated rings. The number of hydrogen-bond acceptors (Lipinski definition) is 7. The van der Waals surface area contributed by atoms with Crippen LogP contribution in [0.2, 0.25) is 0 Å². The van der Waals surface area contributed by atoms with E-state index in [4.69, 9.17) is 14.7 Å². The molecule has 6 rings (SSSR count). The normalized spacial score (nSPS) is 15.9. The van der Waals surface area contributed by atoms with Crippen molar-refractivity contribution in [1.29, 1.82) is 0 Å². The van der Waals surface area contributed by atoms with Gasteiger partial charge in [0, 0.05) is 46.1 Å². The van der Waals surface area contributed by atoms with Crippen LogP contribution in [0.4, 0.5) is 17.2 Å². The summed E-state index contributed by atoms with van der Waals surface area (Å²) >= 11 is 0. The van der Waals surface area contributed by atoms with E-state index in [9.17, 15) is 5.11 Å². The third-order valence-corrected chi connectivity index (χ3v) is 7.48. The van der Waals surface area contributed by atoms with Crippen molar-refractivity contribution in [2.24, 2.45) is 10.9 Å². The lowest BCUT2D eigenvalue weighted by molar-refractivity contribution is 0.218. The fourth-order valence-corrected chi connectivity index (χ4v) is 5.14. The Balaban J connectivity index is 1.41. The van der Waals surface area contributed by atoms with Gasteiger partial charge in [-0.2, -0.15) is 0 Å². The maximum Gasteiger partial charge on any atom is 0.179 e. The minimum absolute atomic E-state index is 0.0252. The van der Waals surface area contributed by atoms with Crippen molar-refractivity contribution in [3.8, 4) is 5.75 Å². The second-order valence-corrected chi connectivity index (χ2v) is 10.7. The van der Waals surface area contributed by atoms with E-state index >= 15 is 0 Å². The zero-order valence-electron chi connectivity index (χ0n) is 22.8. The van der Waals surface area contributed by atoms with Gasteiger partial charge in [0.05, 0.1) is 31.3 Å². The highest BCUT2D eigenvalue weighted by Gasteiger charge is 2.31. The Kier molecular flexibility index (Phi) is 6.74. The quantitative estimate of drug-likeness (QED) is 0.278. The summed E-state index contributed by atoms with van der Waals surface area (Å²) in [4.78, 5) is 18.7. The lowest BCUT2D eigenvalue weighted by Gasteiger charge is -2.25. The van der Waals surface area contributed by atoms with Gasteiger partial charge in [-0.3, -0.25) is 9.98 Å². The number of allylic oxidation sites excluding steroid dienone is 4. The van der Waals surface area contributed by atoms with Crippen LogP contribution in [0.1, 0.15) is 36.4 Å². The van der Waals surface area contributed by atoms with Gasteiger partial charge < -0.3 is 15.2 Å². The second-order valence-electron chi connectivity index (χ2n) is 10.7. The number of rotatable bonds is 8. The maximum absolute atomic E-state index is 9.93. The van der Waals surface area contributed by atoms with Gasteiger partial charge in [-0.05, 0) is 41.8 Å². The van der Waals surface area contributed by atoms with E-state index in [-0.39, 0.29) is 17.9 Å². The summed E-state index contributed by atoms with van der Waals surface area (Å²) in [5.74, 6) is 1.77. The molecule has 1 atom stereocenters. The van der Waals surface area contributed by atoms with Crippen LogP contribution in [-0.4, -0.2) is 39.5 Å². The average molecular weight is 530 g/mol. The number of methoxy groups -OCH3 is 1. The predicted octanol–water partition coefficient (Wildman–Crippen LogP) is 6.32. The Morgan fingerprint density at radius 1 is 1.02 bits per heavy atom. The van der Waals surface area contributed by atoms with Crippen LogP contribution < -0.4 is 10.1 Å². The third kappa shape index (κ3) is 4.92. The molecule has 2 aliphatic rings. The summed E-state index contributed by atoms with van der Waals surface area (Å²) in [6.45, 7) is 4.20. The Morgan fingerprint density at radius 3 is 2.65 bits per heavy atom. The monoisotopic (exact) mass is 529 g/mol. The summed E-state index contributed by atoms with van der Waals surface area (Å²) in [5.41, 5.74) is 8.04. The number of aliphatic imine (C=N–C) groups is 1.